The van der Waals surface area contributed by atoms with Gasteiger partial charge >= 0.3 is 0 Å². The first-order valence-electron chi connectivity index (χ1n) is 7.47. The number of aliphatic hydroxyl groups is 1. The van der Waals surface area contributed by atoms with Crippen molar-refractivity contribution in [2.75, 3.05) is 19.7 Å². The minimum absolute atomic E-state index is 0.0385. The zero-order chi connectivity index (χ0) is 16.2. The third-order valence-corrected chi connectivity index (χ3v) is 4.30. The monoisotopic (exact) mass is 330 g/mol. The smallest absolute Gasteiger partial charge is 0.242 e. The van der Waals surface area contributed by atoms with Crippen LogP contribution in [0.15, 0.2) is 35.2 Å². The summed E-state index contributed by atoms with van der Waals surface area (Å²) in [6.45, 7) is 2.96. The van der Waals surface area contributed by atoms with Gasteiger partial charge in [-0.05, 0) is 19.1 Å². The molecule has 2 aromatic heterocycles. The third-order valence-electron chi connectivity index (χ3n) is 3.71. The van der Waals surface area contributed by atoms with Crippen molar-refractivity contribution in [2.24, 2.45) is 0 Å². The number of nitrogens with zero attached hydrogens (tertiary/aromatic N) is 4. The number of carbonyl (C=O) groups is 1. The highest BCUT2D eigenvalue weighted by molar-refractivity contribution is 7.07. The predicted molar refractivity (Wildman–Crippen MR) is 90.2 cm³/mol. The van der Waals surface area contributed by atoms with Gasteiger partial charge in [0, 0.05) is 18.5 Å². The zero-order valence-corrected chi connectivity index (χ0v) is 13.7. The number of hydrogen-bond donors (Lipinski definition) is 1. The molecule has 0 unspecified atom stereocenters. The van der Waals surface area contributed by atoms with Crippen LogP contribution in [0.3, 0.4) is 0 Å². The van der Waals surface area contributed by atoms with Crippen molar-refractivity contribution < 1.29 is 9.90 Å². The fourth-order valence-electron chi connectivity index (χ4n) is 2.57. The van der Waals surface area contributed by atoms with E-state index < -0.39 is 0 Å². The molecule has 3 rings (SSSR count). The first-order chi connectivity index (χ1) is 11.2. The lowest BCUT2D eigenvalue weighted by molar-refractivity contribution is -0.132. The molecule has 0 aliphatic rings. The summed E-state index contributed by atoms with van der Waals surface area (Å²) in [7, 11) is 0. The number of amides is 1. The molecule has 23 heavy (non-hydrogen) atoms. The Hall–Kier alpha value is -2.25. The maximum atomic E-state index is 12.5. The molecule has 120 valence electrons. The molecule has 0 saturated carbocycles. The second-order valence-corrected chi connectivity index (χ2v) is 5.80. The quantitative estimate of drug-likeness (QED) is 0.750. The number of benzene rings is 1. The lowest BCUT2D eigenvalue weighted by Crippen LogP contribution is -2.35. The van der Waals surface area contributed by atoms with Crippen molar-refractivity contribution >= 4 is 28.3 Å². The van der Waals surface area contributed by atoms with Crippen molar-refractivity contribution in [3.05, 3.63) is 35.2 Å². The molecule has 0 saturated heterocycles. The topological polar surface area (TPSA) is 71.2 Å². The van der Waals surface area contributed by atoms with Crippen molar-refractivity contribution in [1.29, 1.82) is 0 Å². The fourth-order valence-corrected chi connectivity index (χ4v) is 3.10. The minimum atomic E-state index is -0.0406. The van der Waals surface area contributed by atoms with Crippen LogP contribution in [0, 0.1) is 0 Å². The Morgan fingerprint density at radius 2 is 2.22 bits per heavy atom. The molecule has 7 heteroatoms. The molecule has 6 nitrogen and oxygen atoms in total. The van der Waals surface area contributed by atoms with Crippen LogP contribution in [0.4, 0.5) is 0 Å². The molecule has 1 N–H and O–H groups in total. The Kier molecular flexibility index (Phi) is 4.68. The summed E-state index contributed by atoms with van der Waals surface area (Å²) in [4.78, 5) is 23.1. The van der Waals surface area contributed by atoms with Gasteiger partial charge in [-0.2, -0.15) is 0 Å². The van der Waals surface area contributed by atoms with Crippen molar-refractivity contribution in [3.8, 4) is 11.5 Å². The van der Waals surface area contributed by atoms with E-state index >= 15 is 0 Å². The van der Waals surface area contributed by atoms with E-state index in [1.54, 1.807) is 10.4 Å². The summed E-state index contributed by atoms with van der Waals surface area (Å²) < 4.78 is 1.90. The van der Waals surface area contributed by atoms with Crippen molar-refractivity contribution in [2.45, 2.75) is 13.5 Å². The van der Waals surface area contributed by atoms with Crippen molar-refractivity contribution in [3.63, 3.8) is 0 Å². The molecular weight excluding hydrogens is 312 g/mol. The van der Waals surface area contributed by atoms with Crippen LogP contribution in [-0.2, 0) is 11.3 Å². The second kappa shape index (κ2) is 6.89. The number of likely N-dealkylation sites (N-methyl/N-ethyl adjacent to an activating group) is 1. The molecular formula is C16H18N4O2S. The Morgan fingerprint density at radius 3 is 2.91 bits per heavy atom. The zero-order valence-electron chi connectivity index (χ0n) is 12.8. The number of para-hydroxylation sites is 2. The highest BCUT2D eigenvalue weighted by Crippen LogP contribution is 2.24. The van der Waals surface area contributed by atoms with Gasteiger partial charge in [0.25, 0.3) is 0 Å². The SMILES string of the molecule is CCN(CCO)C(=O)Cn1c(-c2cscn2)nc2ccccc21. The number of thiazole rings is 1. The summed E-state index contributed by atoms with van der Waals surface area (Å²) >= 11 is 1.50. The van der Waals surface area contributed by atoms with Gasteiger partial charge in [0.15, 0.2) is 5.82 Å². The van der Waals surface area contributed by atoms with E-state index in [1.807, 2.05) is 41.1 Å². The maximum absolute atomic E-state index is 12.5. The number of aromatic nitrogens is 3. The largest absolute Gasteiger partial charge is 0.395 e. The molecule has 0 radical (unpaired) electrons. The van der Waals surface area contributed by atoms with E-state index in [4.69, 9.17) is 5.11 Å². The van der Waals surface area contributed by atoms with Crippen LogP contribution in [-0.4, -0.2) is 50.1 Å². The summed E-state index contributed by atoms with van der Waals surface area (Å²) in [5, 5.41) is 11.0. The van der Waals surface area contributed by atoms with Gasteiger partial charge in [-0.1, -0.05) is 12.1 Å². The summed E-state index contributed by atoms with van der Waals surface area (Å²) in [6.07, 6.45) is 0. The van der Waals surface area contributed by atoms with Gasteiger partial charge in [-0.25, -0.2) is 9.97 Å². The van der Waals surface area contributed by atoms with Gasteiger partial charge in [0.1, 0.15) is 12.2 Å². The number of fused-ring (bicyclic) bond motifs is 1. The first kappa shape index (κ1) is 15.6. The number of rotatable bonds is 6. The highest BCUT2D eigenvalue weighted by Gasteiger charge is 2.18. The Balaban J connectivity index is 2.01. The number of carbonyl (C=O) groups excluding carboxylic acids is 1. The molecule has 0 spiro atoms. The lowest BCUT2D eigenvalue weighted by Gasteiger charge is -2.20. The predicted octanol–water partition coefficient (Wildman–Crippen LogP) is 2.00. The molecule has 0 aliphatic heterocycles. The minimum Gasteiger partial charge on any atom is -0.395 e. The van der Waals surface area contributed by atoms with Crippen LogP contribution in [0.5, 0.6) is 0 Å². The van der Waals surface area contributed by atoms with Gasteiger partial charge < -0.3 is 14.6 Å². The van der Waals surface area contributed by atoms with E-state index in [1.165, 1.54) is 11.3 Å². The van der Waals surface area contributed by atoms with E-state index in [0.29, 0.717) is 18.9 Å². The Morgan fingerprint density at radius 1 is 1.39 bits per heavy atom. The van der Waals surface area contributed by atoms with Gasteiger partial charge in [0.2, 0.25) is 5.91 Å². The summed E-state index contributed by atoms with van der Waals surface area (Å²) in [6, 6.07) is 7.74. The van der Waals surface area contributed by atoms with Crippen LogP contribution < -0.4 is 0 Å². The molecule has 1 aromatic carbocycles. The van der Waals surface area contributed by atoms with Gasteiger partial charge in [-0.15, -0.1) is 11.3 Å². The molecule has 0 fully saturated rings. The van der Waals surface area contributed by atoms with Crippen molar-refractivity contribution in [1.82, 2.24) is 19.4 Å². The van der Waals surface area contributed by atoms with E-state index in [9.17, 15) is 4.79 Å². The van der Waals surface area contributed by atoms with E-state index in [-0.39, 0.29) is 19.1 Å². The number of imidazole rings is 1. The molecule has 0 bridgehead atoms. The molecule has 0 atom stereocenters. The van der Waals surface area contributed by atoms with Crippen LogP contribution >= 0.6 is 11.3 Å². The highest BCUT2D eigenvalue weighted by atomic mass is 32.1. The van der Waals surface area contributed by atoms with Crippen LogP contribution in [0.2, 0.25) is 0 Å². The third kappa shape index (κ3) is 3.11. The molecule has 3 aromatic rings. The fraction of sp³-hybridized carbons (Fsp3) is 0.312. The summed E-state index contributed by atoms with van der Waals surface area (Å²) in [5.74, 6) is 0.655. The maximum Gasteiger partial charge on any atom is 0.242 e. The average molecular weight is 330 g/mol. The first-order valence-corrected chi connectivity index (χ1v) is 8.41. The van der Waals surface area contributed by atoms with Crippen LogP contribution in [0.1, 0.15) is 6.92 Å². The standard InChI is InChI=1S/C16H18N4O2S/c1-2-19(7-8-21)15(22)9-20-14-6-4-3-5-12(14)18-16(20)13-10-23-11-17-13/h3-6,10-11,21H,2,7-9H2,1H3. The Labute approximate surface area is 138 Å². The van der Waals surface area contributed by atoms with Crippen LogP contribution in [0.25, 0.3) is 22.6 Å². The normalized spacial score (nSPS) is 11.0. The van der Waals surface area contributed by atoms with Gasteiger partial charge in [0.05, 0.1) is 23.2 Å². The second-order valence-electron chi connectivity index (χ2n) is 5.08. The number of hydrogen-bond acceptors (Lipinski definition) is 5. The molecule has 1 amide bonds. The summed E-state index contributed by atoms with van der Waals surface area (Å²) in [5.41, 5.74) is 4.27. The number of aliphatic hydroxyl groups excluding tert-OH is 1. The molecule has 2 heterocycles. The van der Waals surface area contributed by atoms with E-state index in [2.05, 4.69) is 9.97 Å². The molecule has 0 aliphatic carbocycles. The van der Waals surface area contributed by atoms with Gasteiger partial charge in [-0.3, -0.25) is 4.79 Å². The van der Waals surface area contributed by atoms with E-state index in [0.717, 1.165) is 16.7 Å². The Bertz CT molecular complexity index is 798. The average Bonchev–Trinajstić information content (AvgIpc) is 3.20. The lowest BCUT2D eigenvalue weighted by atomic mass is 10.3.